The first kappa shape index (κ1) is 25.3. The predicted octanol–water partition coefficient (Wildman–Crippen LogP) is 2.81. The molecule has 3 fully saturated rings. The first-order chi connectivity index (χ1) is 16.7. The van der Waals surface area contributed by atoms with Crippen molar-refractivity contribution in [1.29, 1.82) is 0 Å². The van der Waals surface area contributed by atoms with Gasteiger partial charge in [-0.25, -0.2) is 10.3 Å². The number of ether oxygens (including phenoxy) is 1. The average Bonchev–Trinajstić information content (AvgIpc) is 3.66. The second kappa shape index (κ2) is 10.4. The zero-order chi connectivity index (χ0) is 25.2. The quantitative estimate of drug-likeness (QED) is 0.436. The van der Waals surface area contributed by atoms with Gasteiger partial charge in [0.05, 0.1) is 11.8 Å². The van der Waals surface area contributed by atoms with Gasteiger partial charge in [0.2, 0.25) is 11.8 Å². The standard InChI is InChI=1S/C26H38N4O5/c1-26(2,3)17-4-8-19(9-5-17)29-12-14-30(15-13-29)24(32)21-11-10-20(16-22(21)23(31)28-34)35-25(33)27-18-6-7-18/h4-5,8-9,18,20-22,34H,6-7,10-16H2,1-3H3,(H,27,33)(H,28,31). The minimum atomic E-state index is -0.733. The highest BCUT2D eigenvalue weighted by molar-refractivity contribution is 5.87. The summed E-state index contributed by atoms with van der Waals surface area (Å²) in [5.74, 6) is -1.94. The van der Waals surface area contributed by atoms with E-state index in [0.717, 1.165) is 31.6 Å². The summed E-state index contributed by atoms with van der Waals surface area (Å²) in [4.78, 5) is 41.9. The number of hydrogen-bond acceptors (Lipinski definition) is 6. The van der Waals surface area contributed by atoms with Gasteiger partial charge in [0.25, 0.3) is 0 Å². The van der Waals surface area contributed by atoms with Crippen molar-refractivity contribution >= 4 is 23.6 Å². The molecule has 0 bridgehead atoms. The van der Waals surface area contributed by atoms with Gasteiger partial charge < -0.3 is 19.9 Å². The fourth-order valence-electron chi connectivity index (χ4n) is 5.08. The lowest BCUT2D eigenvalue weighted by Gasteiger charge is -2.40. The molecular formula is C26H38N4O5. The van der Waals surface area contributed by atoms with Crippen molar-refractivity contribution < 1.29 is 24.3 Å². The third-order valence-corrected chi connectivity index (χ3v) is 7.43. The van der Waals surface area contributed by atoms with Gasteiger partial charge in [-0.3, -0.25) is 14.8 Å². The number of carbonyl (C=O) groups is 3. The second-order valence-electron chi connectivity index (χ2n) is 11.1. The van der Waals surface area contributed by atoms with E-state index in [4.69, 9.17) is 4.74 Å². The van der Waals surface area contributed by atoms with Crippen molar-refractivity contribution in [2.45, 2.75) is 70.4 Å². The van der Waals surface area contributed by atoms with Crippen LogP contribution in [-0.4, -0.2) is 66.3 Å². The highest BCUT2D eigenvalue weighted by Crippen LogP contribution is 2.34. The number of piperazine rings is 1. The van der Waals surface area contributed by atoms with E-state index in [0.29, 0.717) is 25.9 Å². The molecule has 9 nitrogen and oxygen atoms in total. The summed E-state index contributed by atoms with van der Waals surface area (Å²) in [5.41, 5.74) is 4.24. The molecule has 1 aromatic rings. The number of carbonyl (C=O) groups excluding carboxylic acids is 3. The van der Waals surface area contributed by atoms with Crippen molar-refractivity contribution in [2.24, 2.45) is 11.8 Å². The molecule has 3 aliphatic rings. The summed E-state index contributed by atoms with van der Waals surface area (Å²) in [6.07, 6.45) is 2.17. The highest BCUT2D eigenvalue weighted by Gasteiger charge is 2.42. The molecule has 35 heavy (non-hydrogen) atoms. The topological polar surface area (TPSA) is 111 Å². The van der Waals surface area contributed by atoms with Crippen LogP contribution in [0.1, 0.15) is 58.4 Å². The maximum atomic E-state index is 13.4. The van der Waals surface area contributed by atoms with Crippen LogP contribution in [0.2, 0.25) is 0 Å². The molecule has 9 heteroatoms. The van der Waals surface area contributed by atoms with Crippen LogP contribution in [0.4, 0.5) is 10.5 Å². The van der Waals surface area contributed by atoms with Crippen LogP contribution in [0, 0.1) is 11.8 Å². The van der Waals surface area contributed by atoms with E-state index in [-0.39, 0.29) is 23.8 Å². The van der Waals surface area contributed by atoms with Crippen LogP contribution < -0.4 is 15.7 Å². The first-order valence-corrected chi connectivity index (χ1v) is 12.7. The van der Waals surface area contributed by atoms with E-state index >= 15 is 0 Å². The summed E-state index contributed by atoms with van der Waals surface area (Å²) in [5, 5.41) is 12.1. The summed E-state index contributed by atoms with van der Waals surface area (Å²) >= 11 is 0. The van der Waals surface area contributed by atoms with Gasteiger partial charge in [-0.15, -0.1) is 0 Å². The van der Waals surface area contributed by atoms with E-state index in [1.54, 1.807) is 5.48 Å². The molecule has 1 saturated heterocycles. The predicted molar refractivity (Wildman–Crippen MR) is 131 cm³/mol. The summed E-state index contributed by atoms with van der Waals surface area (Å²) in [6, 6.07) is 8.79. The third-order valence-electron chi connectivity index (χ3n) is 7.43. The molecule has 192 valence electrons. The van der Waals surface area contributed by atoms with E-state index in [1.165, 1.54) is 5.56 Å². The van der Waals surface area contributed by atoms with Gasteiger partial charge in [0.15, 0.2) is 0 Å². The number of nitrogens with zero attached hydrogens (tertiary/aromatic N) is 2. The van der Waals surface area contributed by atoms with Crippen molar-refractivity contribution in [2.75, 3.05) is 31.1 Å². The number of alkyl carbamates (subject to hydrolysis) is 1. The van der Waals surface area contributed by atoms with Crippen molar-refractivity contribution in [1.82, 2.24) is 15.7 Å². The van der Waals surface area contributed by atoms with Gasteiger partial charge in [-0.05, 0) is 55.2 Å². The van der Waals surface area contributed by atoms with E-state index in [1.807, 2.05) is 4.90 Å². The Morgan fingerprint density at radius 3 is 2.17 bits per heavy atom. The van der Waals surface area contributed by atoms with E-state index in [2.05, 4.69) is 55.3 Å². The van der Waals surface area contributed by atoms with Crippen LogP contribution in [0.25, 0.3) is 0 Å². The Kier molecular flexibility index (Phi) is 7.54. The maximum absolute atomic E-state index is 13.4. The molecular weight excluding hydrogens is 448 g/mol. The fourth-order valence-corrected chi connectivity index (χ4v) is 5.08. The molecule has 3 atom stereocenters. The fraction of sp³-hybridized carbons (Fsp3) is 0.654. The lowest BCUT2D eigenvalue weighted by atomic mass is 9.76. The molecule has 1 aromatic carbocycles. The van der Waals surface area contributed by atoms with E-state index in [9.17, 15) is 19.6 Å². The monoisotopic (exact) mass is 486 g/mol. The Labute approximate surface area is 207 Å². The Morgan fingerprint density at radius 2 is 1.60 bits per heavy atom. The number of benzene rings is 1. The number of anilines is 1. The molecule has 0 spiro atoms. The van der Waals surface area contributed by atoms with Crippen molar-refractivity contribution in [3.05, 3.63) is 29.8 Å². The van der Waals surface area contributed by atoms with Crippen LogP contribution in [-0.2, 0) is 19.7 Å². The van der Waals surface area contributed by atoms with Gasteiger partial charge in [-0.1, -0.05) is 32.9 Å². The number of rotatable bonds is 5. The number of hydroxylamine groups is 1. The minimum absolute atomic E-state index is 0.0674. The van der Waals surface area contributed by atoms with Gasteiger partial charge in [0, 0.05) is 37.9 Å². The molecule has 2 aliphatic carbocycles. The number of nitrogens with one attached hydrogen (secondary N) is 2. The lowest BCUT2D eigenvalue weighted by molar-refractivity contribution is -0.149. The van der Waals surface area contributed by atoms with Crippen LogP contribution in [0.3, 0.4) is 0 Å². The van der Waals surface area contributed by atoms with Gasteiger partial charge in [-0.2, -0.15) is 0 Å². The highest BCUT2D eigenvalue weighted by atomic mass is 16.6. The Bertz CT molecular complexity index is 917. The molecule has 3 amide bonds. The van der Waals surface area contributed by atoms with E-state index < -0.39 is 29.9 Å². The zero-order valence-electron chi connectivity index (χ0n) is 21.0. The molecule has 0 radical (unpaired) electrons. The smallest absolute Gasteiger partial charge is 0.407 e. The van der Waals surface area contributed by atoms with Crippen LogP contribution in [0.15, 0.2) is 24.3 Å². The van der Waals surface area contributed by atoms with Crippen molar-refractivity contribution in [3.63, 3.8) is 0 Å². The SMILES string of the molecule is CC(C)(C)c1ccc(N2CCN(C(=O)C3CCC(OC(=O)NC4CC4)CC3C(=O)NO)CC2)cc1. The van der Waals surface area contributed by atoms with Crippen LogP contribution >= 0.6 is 0 Å². The molecule has 2 saturated carbocycles. The minimum Gasteiger partial charge on any atom is -0.446 e. The Balaban J connectivity index is 1.33. The molecule has 1 aliphatic heterocycles. The molecule has 0 aromatic heterocycles. The van der Waals surface area contributed by atoms with Crippen molar-refractivity contribution in [3.8, 4) is 0 Å². The average molecular weight is 487 g/mol. The molecule has 3 unspecified atom stereocenters. The number of amides is 3. The molecule has 3 N–H and O–H groups in total. The third kappa shape index (κ3) is 6.25. The lowest BCUT2D eigenvalue weighted by Crippen LogP contribution is -2.53. The summed E-state index contributed by atoms with van der Waals surface area (Å²) in [6.45, 7) is 9.17. The maximum Gasteiger partial charge on any atom is 0.407 e. The second-order valence-corrected chi connectivity index (χ2v) is 11.1. The Hall–Kier alpha value is -2.81. The molecule has 1 heterocycles. The zero-order valence-corrected chi connectivity index (χ0v) is 21.0. The largest absolute Gasteiger partial charge is 0.446 e. The van der Waals surface area contributed by atoms with Crippen LogP contribution in [0.5, 0.6) is 0 Å². The summed E-state index contributed by atoms with van der Waals surface area (Å²) < 4.78 is 5.49. The molecule has 4 rings (SSSR count). The number of hydrogen-bond donors (Lipinski definition) is 3. The summed E-state index contributed by atoms with van der Waals surface area (Å²) in [7, 11) is 0. The normalized spacial score (nSPS) is 25.1. The van der Waals surface area contributed by atoms with Gasteiger partial charge >= 0.3 is 6.09 Å². The first-order valence-electron chi connectivity index (χ1n) is 12.7. The van der Waals surface area contributed by atoms with Gasteiger partial charge in [0.1, 0.15) is 6.10 Å². The Morgan fingerprint density at radius 1 is 0.943 bits per heavy atom.